The first kappa shape index (κ1) is 14.1. The average Bonchev–Trinajstić information content (AvgIpc) is 2.39. The third-order valence-corrected chi connectivity index (χ3v) is 2.46. The Balaban J connectivity index is 2.87. The van der Waals surface area contributed by atoms with Crippen LogP contribution in [-0.2, 0) is 4.74 Å². The van der Waals surface area contributed by atoms with Gasteiger partial charge >= 0.3 is 5.97 Å². The van der Waals surface area contributed by atoms with Crippen molar-refractivity contribution in [3.05, 3.63) is 29.6 Å². The summed E-state index contributed by atoms with van der Waals surface area (Å²) in [4.78, 5) is 28.1. The summed E-state index contributed by atoms with van der Waals surface area (Å²) in [6.07, 6.45) is 1.32. The van der Waals surface area contributed by atoms with Crippen LogP contribution in [0.15, 0.2) is 18.3 Å². The van der Waals surface area contributed by atoms with Gasteiger partial charge in [-0.25, -0.2) is 9.78 Å². The lowest BCUT2D eigenvalue weighted by molar-refractivity contribution is 0.0690. The summed E-state index contributed by atoms with van der Waals surface area (Å²) in [7, 11) is 1.56. The number of amides is 1. The minimum atomic E-state index is -1.15. The molecule has 0 bridgehead atoms. The number of likely N-dealkylation sites (N-methyl/N-ethyl adjacent to an activating group) is 1. The second kappa shape index (κ2) is 6.70. The zero-order valence-corrected chi connectivity index (χ0v) is 10.4. The smallest absolute Gasteiger partial charge is 0.354 e. The molecule has 0 saturated carbocycles. The monoisotopic (exact) mass is 252 g/mol. The van der Waals surface area contributed by atoms with Gasteiger partial charge in [-0.3, -0.25) is 4.79 Å². The third-order valence-electron chi connectivity index (χ3n) is 2.46. The number of ether oxygens (including phenoxy) is 1. The second-order valence-corrected chi connectivity index (χ2v) is 3.61. The number of carboxylic acids is 1. The summed E-state index contributed by atoms with van der Waals surface area (Å²) < 4.78 is 4.92. The summed E-state index contributed by atoms with van der Waals surface area (Å²) in [5.41, 5.74) is 0.184. The minimum absolute atomic E-state index is 0.136. The molecule has 98 valence electrons. The molecule has 6 heteroatoms. The first-order valence-corrected chi connectivity index (χ1v) is 5.57. The molecule has 18 heavy (non-hydrogen) atoms. The van der Waals surface area contributed by atoms with Crippen LogP contribution >= 0.6 is 0 Å². The molecule has 0 spiro atoms. The van der Waals surface area contributed by atoms with Crippen molar-refractivity contribution >= 4 is 11.9 Å². The van der Waals surface area contributed by atoms with E-state index in [-0.39, 0.29) is 11.6 Å². The molecule has 1 rings (SSSR count). The summed E-state index contributed by atoms with van der Waals surface area (Å²) in [6, 6.07) is 2.78. The van der Waals surface area contributed by atoms with Crippen LogP contribution in [0.4, 0.5) is 0 Å². The minimum Gasteiger partial charge on any atom is -0.477 e. The van der Waals surface area contributed by atoms with Gasteiger partial charge in [0.05, 0.1) is 6.61 Å². The number of carboxylic acid groups (broad SMARTS) is 1. The zero-order valence-electron chi connectivity index (χ0n) is 10.4. The fourth-order valence-electron chi connectivity index (χ4n) is 1.47. The van der Waals surface area contributed by atoms with Crippen molar-refractivity contribution in [1.29, 1.82) is 0 Å². The lowest BCUT2D eigenvalue weighted by Crippen LogP contribution is -2.33. The van der Waals surface area contributed by atoms with E-state index >= 15 is 0 Å². The second-order valence-electron chi connectivity index (χ2n) is 3.61. The van der Waals surface area contributed by atoms with E-state index in [2.05, 4.69) is 4.98 Å². The van der Waals surface area contributed by atoms with Crippen molar-refractivity contribution in [1.82, 2.24) is 9.88 Å². The Hall–Kier alpha value is -1.95. The molecular formula is C12H16N2O4. The van der Waals surface area contributed by atoms with E-state index in [0.29, 0.717) is 25.3 Å². The molecule has 1 aromatic heterocycles. The van der Waals surface area contributed by atoms with Crippen molar-refractivity contribution in [2.24, 2.45) is 0 Å². The molecule has 0 unspecified atom stereocenters. The highest BCUT2D eigenvalue weighted by atomic mass is 16.5. The molecule has 0 saturated heterocycles. The van der Waals surface area contributed by atoms with E-state index in [1.54, 1.807) is 12.0 Å². The first-order valence-electron chi connectivity index (χ1n) is 5.57. The van der Waals surface area contributed by atoms with Crippen molar-refractivity contribution < 1.29 is 19.4 Å². The number of aromatic carboxylic acids is 1. The van der Waals surface area contributed by atoms with Crippen LogP contribution in [0.5, 0.6) is 0 Å². The molecule has 0 aliphatic heterocycles. The van der Waals surface area contributed by atoms with Gasteiger partial charge in [-0.1, -0.05) is 0 Å². The fraction of sp³-hybridized carbons (Fsp3) is 0.417. The molecule has 1 heterocycles. The third kappa shape index (κ3) is 3.53. The van der Waals surface area contributed by atoms with Gasteiger partial charge in [-0.2, -0.15) is 0 Å². The van der Waals surface area contributed by atoms with Gasteiger partial charge in [-0.05, 0) is 19.1 Å². The number of hydrogen-bond acceptors (Lipinski definition) is 4. The highest BCUT2D eigenvalue weighted by molar-refractivity contribution is 5.96. The average molecular weight is 252 g/mol. The fourth-order valence-corrected chi connectivity index (χ4v) is 1.47. The van der Waals surface area contributed by atoms with Crippen LogP contribution in [0.1, 0.15) is 27.8 Å². The van der Waals surface area contributed by atoms with Gasteiger partial charge < -0.3 is 14.7 Å². The van der Waals surface area contributed by atoms with Gasteiger partial charge in [0.15, 0.2) is 0 Å². The number of nitrogens with zero attached hydrogens (tertiary/aromatic N) is 2. The van der Waals surface area contributed by atoms with E-state index in [1.165, 1.54) is 18.3 Å². The molecule has 0 atom stereocenters. The van der Waals surface area contributed by atoms with Gasteiger partial charge in [0.25, 0.3) is 5.91 Å². The summed E-state index contributed by atoms with van der Waals surface area (Å²) >= 11 is 0. The van der Waals surface area contributed by atoms with Crippen LogP contribution in [0.2, 0.25) is 0 Å². The van der Waals surface area contributed by atoms with E-state index in [1.807, 2.05) is 6.92 Å². The number of carbonyl (C=O) groups excluding carboxylic acids is 1. The van der Waals surface area contributed by atoms with Crippen LogP contribution in [-0.4, -0.2) is 53.7 Å². The number of hydrogen-bond donors (Lipinski definition) is 1. The van der Waals surface area contributed by atoms with Crippen LogP contribution in [0.3, 0.4) is 0 Å². The van der Waals surface area contributed by atoms with Crippen molar-refractivity contribution in [2.75, 3.05) is 26.8 Å². The number of rotatable bonds is 6. The quantitative estimate of drug-likeness (QED) is 0.813. The number of aromatic nitrogens is 1. The topological polar surface area (TPSA) is 79.7 Å². The van der Waals surface area contributed by atoms with E-state index in [4.69, 9.17) is 9.84 Å². The molecule has 0 aliphatic carbocycles. The first-order chi connectivity index (χ1) is 8.60. The Kier molecular flexibility index (Phi) is 5.26. The largest absolute Gasteiger partial charge is 0.477 e. The van der Waals surface area contributed by atoms with Gasteiger partial charge in [-0.15, -0.1) is 0 Å². The summed E-state index contributed by atoms with van der Waals surface area (Å²) in [6.45, 7) is 3.30. The summed E-state index contributed by atoms with van der Waals surface area (Å²) in [5.74, 6) is -1.37. The molecular weight excluding hydrogens is 236 g/mol. The molecule has 1 N–H and O–H groups in total. The Morgan fingerprint density at radius 1 is 1.50 bits per heavy atom. The van der Waals surface area contributed by atoms with Crippen molar-refractivity contribution in [2.45, 2.75) is 6.92 Å². The van der Waals surface area contributed by atoms with Crippen molar-refractivity contribution in [3.63, 3.8) is 0 Å². The normalized spacial score (nSPS) is 10.1. The van der Waals surface area contributed by atoms with Gasteiger partial charge in [0.2, 0.25) is 0 Å². The van der Waals surface area contributed by atoms with Crippen LogP contribution in [0, 0.1) is 0 Å². The molecule has 1 amide bonds. The van der Waals surface area contributed by atoms with Crippen LogP contribution in [0.25, 0.3) is 0 Å². The zero-order chi connectivity index (χ0) is 13.5. The van der Waals surface area contributed by atoms with E-state index in [9.17, 15) is 9.59 Å². The molecule has 1 aromatic rings. The Labute approximate surface area is 105 Å². The highest BCUT2D eigenvalue weighted by Gasteiger charge is 2.15. The standard InChI is InChI=1S/C12H16N2O4/c1-3-14(6-7-18-2)11(15)9-4-5-13-10(8-9)12(16)17/h4-5,8H,3,6-7H2,1-2H3,(H,16,17). The van der Waals surface area contributed by atoms with Gasteiger partial charge in [0, 0.05) is 32.0 Å². The SMILES string of the molecule is CCN(CCOC)C(=O)c1ccnc(C(=O)O)c1. The van der Waals surface area contributed by atoms with E-state index < -0.39 is 5.97 Å². The predicted octanol–water partition coefficient (Wildman–Crippen LogP) is 0.888. The van der Waals surface area contributed by atoms with Crippen LogP contribution < -0.4 is 0 Å². The Morgan fingerprint density at radius 3 is 2.78 bits per heavy atom. The maximum absolute atomic E-state index is 12.1. The van der Waals surface area contributed by atoms with Crippen molar-refractivity contribution in [3.8, 4) is 0 Å². The molecule has 0 aromatic carbocycles. The lowest BCUT2D eigenvalue weighted by atomic mass is 10.2. The molecule has 0 fully saturated rings. The maximum atomic E-state index is 12.1. The Bertz CT molecular complexity index is 434. The van der Waals surface area contributed by atoms with E-state index in [0.717, 1.165) is 0 Å². The summed E-state index contributed by atoms with van der Waals surface area (Å²) in [5, 5.41) is 8.82. The number of methoxy groups -OCH3 is 1. The molecule has 6 nitrogen and oxygen atoms in total. The molecule has 0 radical (unpaired) electrons. The van der Waals surface area contributed by atoms with Gasteiger partial charge in [0.1, 0.15) is 5.69 Å². The number of carbonyl (C=O) groups is 2. The lowest BCUT2D eigenvalue weighted by Gasteiger charge is -2.20. The molecule has 0 aliphatic rings. The highest BCUT2D eigenvalue weighted by Crippen LogP contribution is 2.06. The number of pyridine rings is 1. The maximum Gasteiger partial charge on any atom is 0.354 e. The Morgan fingerprint density at radius 2 is 2.22 bits per heavy atom. The predicted molar refractivity (Wildman–Crippen MR) is 64.6 cm³/mol.